The van der Waals surface area contributed by atoms with Crippen molar-refractivity contribution < 1.29 is 23.8 Å². The highest BCUT2D eigenvalue weighted by Gasteiger charge is 2.12. The van der Waals surface area contributed by atoms with Crippen molar-refractivity contribution in [2.24, 2.45) is 0 Å². The van der Waals surface area contributed by atoms with Crippen molar-refractivity contribution >= 4 is 11.9 Å². The zero-order chi connectivity index (χ0) is 19.0. The Morgan fingerprint density at radius 3 is 1.40 bits per heavy atom. The molecule has 5 heteroatoms. The molecule has 0 atom stereocenters. The Kier molecular flexibility index (Phi) is 7.72. The molecule has 0 bridgehead atoms. The Morgan fingerprint density at radius 2 is 1.12 bits per heavy atom. The normalized spacial score (nSPS) is 12.2. The van der Waals surface area contributed by atoms with Crippen molar-refractivity contribution in [3.05, 3.63) is 33.8 Å². The minimum absolute atomic E-state index is 0.323. The van der Waals surface area contributed by atoms with Crippen LogP contribution in [0, 0.1) is 23.7 Å². The Balaban J connectivity index is 3.13. The molecule has 0 spiro atoms. The lowest BCUT2D eigenvalue weighted by molar-refractivity contribution is -0.137. The molecule has 1 aliphatic heterocycles. The second-order valence-corrected chi connectivity index (χ2v) is 5.80. The summed E-state index contributed by atoms with van der Waals surface area (Å²) in [6.45, 7) is 10.6. The molecule has 0 unspecified atom stereocenters. The standard InChI is InChI=1S/C20H22O5/c1-13(2)19(24-15(5)21)9-7-17-11-23-12-18(17)8-10-20(14(3)4)25-16(6)22/h11-12H2,1-6H3. The minimum Gasteiger partial charge on any atom is -0.417 e. The first-order chi connectivity index (χ1) is 11.7. The minimum atomic E-state index is -0.420. The SMILES string of the molecule is CC(=O)OC(C#CC1=C(C#CC(OC(C)=O)=C(C)C)COC1)=C(C)C. The van der Waals surface area contributed by atoms with Crippen LogP contribution in [0.15, 0.2) is 33.8 Å². The molecule has 1 rings (SSSR count). The van der Waals surface area contributed by atoms with E-state index >= 15 is 0 Å². The van der Waals surface area contributed by atoms with Gasteiger partial charge in [-0.15, -0.1) is 0 Å². The summed E-state index contributed by atoms with van der Waals surface area (Å²) in [5, 5.41) is 0. The van der Waals surface area contributed by atoms with Gasteiger partial charge in [0.05, 0.1) is 13.2 Å². The molecule has 1 heterocycles. The maximum atomic E-state index is 11.1. The van der Waals surface area contributed by atoms with Crippen LogP contribution in [0.25, 0.3) is 0 Å². The van der Waals surface area contributed by atoms with Gasteiger partial charge in [0.1, 0.15) is 0 Å². The van der Waals surface area contributed by atoms with Gasteiger partial charge in [0.15, 0.2) is 11.5 Å². The molecular formula is C20H22O5. The second kappa shape index (κ2) is 9.52. The molecule has 0 amide bonds. The number of carbonyl (C=O) groups is 2. The molecule has 0 saturated heterocycles. The van der Waals surface area contributed by atoms with Crippen molar-refractivity contribution in [1.29, 1.82) is 0 Å². The van der Waals surface area contributed by atoms with E-state index in [9.17, 15) is 9.59 Å². The maximum absolute atomic E-state index is 11.1. The molecule has 0 N–H and O–H groups in total. The van der Waals surface area contributed by atoms with Crippen molar-refractivity contribution in [1.82, 2.24) is 0 Å². The van der Waals surface area contributed by atoms with Crippen molar-refractivity contribution in [3.63, 3.8) is 0 Å². The van der Waals surface area contributed by atoms with Gasteiger partial charge < -0.3 is 14.2 Å². The van der Waals surface area contributed by atoms with Gasteiger partial charge in [0.25, 0.3) is 0 Å². The Labute approximate surface area is 148 Å². The summed E-state index contributed by atoms with van der Waals surface area (Å²) >= 11 is 0. The highest BCUT2D eigenvalue weighted by molar-refractivity contribution is 5.69. The van der Waals surface area contributed by atoms with Crippen LogP contribution in [0.5, 0.6) is 0 Å². The summed E-state index contributed by atoms with van der Waals surface area (Å²) in [6, 6.07) is 0. The number of esters is 2. The van der Waals surface area contributed by atoms with Crippen LogP contribution in [0.3, 0.4) is 0 Å². The molecule has 0 aromatic rings. The summed E-state index contributed by atoms with van der Waals surface area (Å²) in [5.74, 6) is 11.4. The Bertz CT molecular complexity index is 711. The van der Waals surface area contributed by atoms with E-state index in [0.29, 0.717) is 35.9 Å². The fourth-order valence-electron chi connectivity index (χ4n) is 1.71. The van der Waals surface area contributed by atoms with Gasteiger partial charge in [-0.2, -0.15) is 0 Å². The fourth-order valence-corrected chi connectivity index (χ4v) is 1.71. The summed E-state index contributed by atoms with van der Waals surface area (Å²) in [6.07, 6.45) is 0. The third-order valence-corrected chi connectivity index (χ3v) is 2.91. The highest BCUT2D eigenvalue weighted by Crippen LogP contribution is 2.14. The lowest BCUT2D eigenvalue weighted by Crippen LogP contribution is -1.99. The maximum Gasteiger partial charge on any atom is 0.308 e. The van der Waals surface area contributed by atoms with Gasteiger partial charge in [-0.05, 0) is 50.7 Å². The summed E-state index contributed by atoms with van der Waals surface area (Å²) in [7, 11) is 0. The predicted molar refractivity (Wildman–Crippen MR) is 93.7 cm³/mol. The van der Waals surface area contributed by atoms with Gasteiger partial charge in [-0.1, -0.05) is 11.8 Å². The molecule has 1 aliphatic rings. The number of allylic oxidation sites excluding steroid dienone is 4. The molecule has 0 fully saturated rings. The number of rotatable bonds is 2. The summed E-state index contributed by atoms with van der Waals surface area (Å²) in [5.41, 5.74) is 3.04. The van der Waals surface area contributed by atoms with Gasteiger partial charge in [-0.25, -0.2) is 0 Å². The number of hydrogen-bond donors (Lipinski definition) is 0. The number of ether oxygens (including phenoxy) is 3. The van der Waals surface area contributed by atoms with Gasteiger partial charge in [0, 0.05) is 25.0 Å². The lowest BCUT2D eigenvalue weighted by atomic mass is 10.1. The third kappa shape index (κ3) is 7.12. The molecule has 0 saturated carbocycles. The first kappa shape index (κ1) is 20.3. The highest BCUT2D eigenvalue weighted by atomic mass is 16.5. The van der Waals surface area contributed by atoms with Gasteiger partial charge >= 0.3 is 11.9 Å². The Morgan fingerprint density at radius 1 is 0.760 bits per heavy atom. The molecule has 25 heavy (non-hydrogen) atoms. The predicted octanol–water partition coefficient (Wildman–Crippen LogP) is 3.03. The van der Waals surface area contributed by atoms with Gasteiger partial charge in [-0.3, -0.25) is 9.59 Å². The quantitative estimate of drug-likeness (QED) is 0.438. The average molecular weight is 342 g/mol. The average Bonchev–Trinajstić information content (AvgIpc) is 2.94. The van der Waals surface area contributed by atoms with E-state index < -0.39 is 11.9 Å². The summed E-state index contributed by atoms with van der Waals surface area (Å²) in [4.78, 5) is 22.2. The van der Waals surface area contributed by atoms with E-state index in [1.165, 1.54) is 13.8 Å². The topological polar surface area (TPSA) is 61.8 Å². The largest absolute Gasteiger partial charge is 0.417 e. The zero-order valence-electron chi connectivity index (χ0n) is 15.5. The molecule has 0 aliphatic carbocycles. The van der Waals surface area contributed by atoms with E-state index in [0.717, 1.165) is 11.1 Å². The van der Waals surface area contributed by atoms with Crippen molar-refractivity contribution in [3.8, 4) is 23.7 Å². The third-order valence-electron chi connectivity index (χ3n) is 2.91. The van der Waals surface area contributed by atoms with Crippen molar-refractivity contribution in [2.75, 3.05) is 13.2 Å². The smallest absolute Gasteiger partial charge is 0.308 e. The van der Waals surface area contributed by atoms with Gasteiger partial charge in [0.2, 0.25) is 0 Å². The van der Waals surface area contributed by atoms with E-state index in [-0.39, 0.29) is 0 Å². The van der Waals surface area contributed by atoms with Crippen molar-refractivity contribution in [2.45, 2.75) is 41.5 Å². The van der Waals surface area contributed by atoms with E-state index in [1.807, 2.05) is 27.7 Å². The first-order valence-corrected chi connectivity index (χ1v) is 7.76. The van der Waals surface area contributed by atoms with Crippen LogP contribution < -0.4 is 0 Å². The van der Waals surface area contributed by atoms with Crippen LogP contribution in [0.1, 0.15) is 41.5 Å². The van der Waals surface area contributed by atoms with E-state index in [4.69, 9.17) is 14.2 Å². The van der Waals surface area contributed by atoms with Crippen LogP contribution in [0.2, 0.25) is 0 Å². The van der Waals surface area contributed by atoms with Crippen LogP contribution in [-0.4, -0.2) is 25.2 Å². The van der Waals surface area contributed by atoms with Crippen LogP contribution >= 0.6 is 0 Å². The molecular weight excluding hydrogens is 320 g/mol. The van der Waals surface area contributed by atoms with Crippen LogP contribution in [0.4, 0.5) is 0 Å². The molecule has 0 aromatic carbocycles. The molecule has 0 aromatic heterocycles. The zero-order valence-corrected chi connectivity index (χ0v) is 15.5. The lowest BCUT2D eigenvalue weighted by Gasteiger charge is -2.01. The number of hydrogen-bond acceptors (Lipinski definition) is 5. The van der Waals surface area contributed by atoms with Crippen LogP contribution in [-0.2, 0) is 23.8 Å². The molecule has 5 nitrogen and oxygen atoms in total. The molecule has 0 radical (unpaired) electrons. The summed E-state index contributed by atoms with van der Waals surface area (Å²) < 4.78 is 15.6. The number of carbonyl (C=O) groups excluding carboxylic acids is 2. The van der Waals surface area contributed by atoms with E-state index in [2.05, 4.69) is 23.7 Å². The Hall–Kier alpha value is -2.76. The second-order valence-electron chi connectivity index (χ2n) is 5.80. The monoisotopic (exact) mass is 342 g/mol. The molecule has 132 valence electrons. The fraction of sp³-hybridized carbons (Fsp3) is 0.400. The first-order valence-electron chi connectivity index (χ1n) is 7.76. The van der Waals surface area contributed by atoms with E-state index in [1.54, 1.807) is 0 Å².